The molecule has 0 bridgehead atoms. The van der Waals surface area contributed by atoms with E-state index in [0.29, 0.717) is 22.3 Å². The van der Waals surface area contributed by atoms with Crippen molar-refractivity contribution >= 4 is 33.5 Å². The fraction of sp³-hybridized carbons (Fsp3) is 0.0732. The van der Waals surface area contributed by atoms with Crippen LogP contribution in [0.15, 0.2) is 121 Å². The first-order chi connectivity index (χ1) is 21.7. The highest BCUT2D eigenvalue weighted by atomic mass is 16.4. The second-order valence-electron chi connectivity index (χ2n) is 11.3. The molecule has 0 aliphatic heterocycles. The van der Waals surface area contributed by atoms with Crippen LogP contribution >= 0.6 is 0 Å². The zero-order chi connectivity index (χ0) is 31.6. The van der Waals surface area contributed by atoms with Crippen LogP contribution in [-0.2, 0) is 5.41 Å². The average Bonchev–Trinajstić information content (AvgIpc) is 3.06. The monoisotopic (exact) mass is 584 g/mol. The summed E-state index contributed by atoms with van der Waals surface area (Å²) in [4.78, 5) is 25.0. The molecule has 0 fully saturated rings. The molecule has 0 saturated carbocycles. The van der Waals surface area contributed by atoms with Gasteiger partial charge in [0, 0.05) is 27.7 Å². The summed E-state index contributed by atoms with van der Waals surface area (Å²) in [7, 11) is 0. The van der Waals surface area contributed by atoms with Crippen molar-refractivity contribution < 1.29 is 19.8 Å². The second kappa shape index (κ2) is 11.9. The first-order valence-corrected chi connectivity index (χ1v) is 14.5. The van der Waals surface area contributed by atoms with Gasteiger partial charge in [-0.15, -0.1) is 0 Å². The average molecular weight is 585 g/mol. The quantitative estimate of drug-likeness (QED) is 0.204. The molecule has 216 valence electrons. The molecule has 4 heteroatoms. The van der Waals surface area contributed by atoms with Gasteiger partial charge in [-0.2, -0.15) is 0 Å². The maximum atomic E-state index is 12.5. The Morgan fingerprint density at radius 2 is 0.911 bits per heavy atom. The molecule has 0 aliphatic carbocycles. The predicted octanol–water partition coefficient (Wildman–Crippen LogP) is 8.51. The van der Waals surface area contributed by atoms with Gasteiger partial charge >= 0.3 is 11.9 Å². The molecule has 6 aromatic carbocycles. The van der Waals surface area contributed by atoms with E-state index in [1.165, 1.54) is 0 Å². The Hall–Kier alpha value is -6.10. The SMILES string of the molecule is CC(C)(c1ccc(C#Cc2cccc3ccccc23)cc1C(=O)O)c1ccc(C#Cc2cccc3ccccc23)cc1C(=O)O. The van der Waals surface area contributed by atoms with Crippen LogP contribution in [0.2, 0.25) is 0 Å². The van der Waals surface area contributed by atoms with Gasteiger partial charge in [-0.3, -0.25) is 0 Å². The largest absolute Gasteiger partial charge is 0.478 e. The Bertz CT molecular complexity index is 2100. The standard InChI is InChI=1S/C41H28O4/c1-41(2,37-23-19-27(25-35(37)39(42)43)17-21-31-13-7-11-29-9-3-5-15-33(29)31)38-24-20-28(26-36(38)40(44)45)18-22-32-14-8-12-30-10-4-6-16-34(30)32/h3-16,19-20,23-26H,1-2H3,(H,42,43)(H,44,45). The van der Waals surface area contributed by atoms with Gasteiger partial charge in [-0.25, -0.2) is 9.59 Å². The van der Waals surface area contributed by atoms with Gasteiger partial charge in [-0.05, 0) is 69.1 Å². The highest BCUT2D eigenvalue weighted by molar-refractivity contribution is 5.94. The summed E-state index contributed by atoms with van der Waals surface area (Å²) in [5, 5.41) is 24.6. The molecule has 4 nitrogen and oxygen atoms in total. The number of carboxylic acid groups (broad SMARTS) is 2. The summed E-state index contributed by atoms with van der Waals surface area (Å²) in [5.74, 6) is 10.4. The fourth-order valence-corrected chi connectivity index (χ4v) is 5.78. The van der Waals surface area contributed by atoms with Crippen LogP contribution in [0, 0.1) is 23.7 Å². The normalized spacial score (nSPS) is 10.9. The van der Waals surface area contributed by atoms with Gasteiger partial charge in [0.15, 0.2) is 0 Å². The van der Waals surface area contributed by atoms with E-state index in [4.69, 9.17) is 0 Å². The Balaban J connectivity index is 1.37. The zero-order valence-electron chi connectivity index (χ0n) is 24.8. The van der Waals surface area contributed by atoms with Crippen LogP contribution in [0.4, 0.5) is 0 Å². The lowest BCUT2D eigenvalue weighted by atomic mass is 9.73. The molecule has 2 N–H and O–H groups in total. The van der Waals surface area contributed by atoms with Crippen LogP contribution < -0.4 is 0 Å². The number of hydrogen-bond acceptors (Lipinski definition) is 2. The number of fused-ring (bicyclic) bond motifs is 2. The summed E-state index contributed by atoms with van der Waals surface area (Å²) < 4.78 is 0. The zero-order valence-corrected chi connectivity index (χ0v) is 24.8. The van der Waals surface area contributed by atoms with Crippen LogP contribution in [0.3, 0.4) is 0 Å². The molecule has 0 atom stereocenters. The lowest BCUT2D eigenvalue weighted by Crippen LogP contribution is -2.25. The van der Waals surface area contributed by atoms with E-state index in [2.05, 4.69) is 23.7 Å². The molecular weight excluding hydrogens is 556 g/mol. The van der Waals surface area contributed by atoms with Crippen molar-refractivity contribution in [2.24, 2.45) is 0 Å². The summed E-state index contributed by atoms with van der Waals surface area (Å²) in [6, 6.07) is 37.9. The van der Waals surface area contributed by atoms with Gasteiger partial charge in [0.1, 0.15) is 0 Å². The lowest BCUT2D eigenvalue weighted by Gasteiger charge is -2.29. The van der Waals surface area contributed by atoms with Crippen molar-refractivity contribution in [1.29, 1.82) is 0 Å². The van der Waals surface area contributed by atoms with Gasteiger partial charge in [0.25, 0.3) is 0 Å². The highest BCUT2D eigenvalue weighted by Gasteiger charge is 2.32. The minimum absolute atomic E-state index is 0.0703. The molecule has 0 aliphatic rings. The molecule has 0 amide bonds. The Morgan fingerprint density at radius 3 is 1.33 bits per heavy atom. The summed E-state index contributed by atoms with van der Waals surface area (Å²) in [5.41, 5.74) is 2.97. The van der Waals surface area contributed by atoms with E-state index < -0.39 is 17.4 Å². The third-order valence-electron chi connectivity index (χ3n) is 8.11. The third-order valence-corrected chi connectivity index (χ3v) is 8.11. The topological polar surface area (TPSA) is 74.6 Å². The first-order valence-electron chi connectivity index (χ1n) is 14.5. The van der Waals surface area contributed by atoms with Gasteiger partial charge in [-0.1, -0.05) is 122 Å². The van der Waals surface area contributed by atoms with Crippen molar-refractivity contribution in [3.05, 3.63) is 166 Å². The van der Waals surface area contributed by atoms with Gasteiger partial charge in [0.2, 0.25) is 0 Å². The van der Waals surface area contributed by atoms with Gasteiger partial charge in [0.05, 0.1) is 11.1 Å². The van der Waals surface area contributed by atoms with E-state index >= 15 is 0 Å². The van der Waals surface area contributed by atoms with Crippen molar-refractivity contribution in [2.45, 2.75) is 19.3 Å². The minimum atomic E-state index is -1.11. The van der Waals surface area contributed by atoms with E-state index in [1.54, 1.807) is 36.4 Å². The van der Waals surface area contributed by atoms with E-state index in [0.717, 1.165) is 32.7 Å². The number of carboxylic acids is 2. The molecule has 6 aromatic rings. The summed E-state index contributed by atoms with van der Waals surface area (Å²) in [6.45, 7) is 3.67. The summed E-state index contributed by atoms with van der Waals surface area (Å²) in [6.07, 6.45) is 0. The van der Waals surface area contributed by atoms with Crippen LogP contribution in [0.25, 0.3) is 21.5 Å². The number of benzene rings is 6. The molecule has 0 heterocycles. The number of rotatable bonds is 4. The van der Waals surface area contributed by atoms with Crippen LogP contribution in [-0.4, -0.2) is 22.2 Å². The van der Waals surface area contributed by atoms with E-state index in [9.17, 15) is 19.8 Å². The molecule has 0 aromatic heterocycles. The maximum Gasteiger partial charge on any atom is 0.336 e. The lowest BCUT2D eigenvalue weighted by molar-refractivity contribution is 0.0686. The maximum absolute atomic E-state index is 12.5. The molecular formula is C41H28O4. The highest BCUT2D eigenvalue weighted by Crippen LogP contribution is 2.37. The third kappa shape index (κ3) is 5.78. The smallest absolute Gasteiger partial charge is 0.336 e. The molecule has 0 unspecified atom stereocenters. The first kappa shape index (κ1) is 29.0. The van der Waals surface area contributed by atoms with Crippen molar-refractivity contribution in [3.8, 4) is 23.7 Å². The molecule has 45 heavy (non-hydrogen) atoms. The number of hydrogen-bond donors (Lipinski definition) is 2. The van der Waals surface area contributed by atoms with Crippen molar-refractivity contribution in [2.75, 3.05) is 0 Å². The fourth-order valence-electron chi connectivity index (χ4n) is 5.78. The van der Waals surface area contributed by atoms with E-state index in [1.807, 2.05) is 98.8 Å². The molecule has 6 rings (SSSR count). The van der Waals surface area contributed by atoms with Gasteiger partial charge < -0.3 is 10.2 Å². The Labute approximate surface area is 261 Å². The summed E-state index contributed by atoms with van der Waals surface area (Å²) >= 11 is 0. The number of aromatic carboxylic acids is 2. The van der Waals surface area contributed by atoms with Crippen LogP contribution in [0.1, 0.15) is 67.9 Å². The predicted molar refractivity (Wildman–Crippen MR) is 179 cm³/mol. The van der Waals surface area contributed by atoms with Crippen LogP contribution in [0.5, 0.6) is 0 Å². The number of carbonyl (C=O) groups is 2. The van der Waals surface area contributed by atoms with E-state index in [-0.39, 0.29) is 11.1 Å². The molecule has 0 saturated heterocycles. The minimum Gasteiger partial charge on any atom is -0.478 e. The molecule has 0 radical (unpaired) electrons. The second-order valence-corrected chi connectivity index (χ2v) is 11.3. The van der Waals surface area contributed by atoms with Crippen molar-refractivity contribution in [1.82, 2.24) is 0 Å². The Morgan fingerprint density at radius 1 is 0.511 bits per heavy atom. The Kier molecular flexibility index (Phi) is 7.66. The molecule has 0 spiro atoms. The van der Waals surface area contributed by atoms with Crippen molar-refractivity contribution in [3.63, 3.8) is 0 Å².